The zero-order valence-corrected chi connectivity index (χ0v) is 12.1. The van der Waals surface area contributed by atoms with Crippen LogP contribution in [0.3, 0.4) is 0 Å². The van der Waals surface area contributed by atoms with E-state index in [2.05, 4.69) is 0 Å². The number of carbonyl (C=O) groups excluding carboxylic acids is 1. The van der Waals surface area contributed by atoms with E-state index in [-0.39, 0.29) is 5.91 Å². The minimum Gasteiger partial charge on any atom is -0.480 e. The summed E-state index contributed by atoms with van der Waals surface area (Å²) in [6.45, 7) is 0.327. The summed E-state index contributed by atoms with van der Waals surface area (Å²) in [7, 11) is -3.43. The lowest BCUT2D eigenvalue weighted by atomic mass is 10.2. The summed E-state index contributed by atoms with van der Waals surface area (Å²) in [5.41, 5.74) is 0. The number of rotatable bonds is 3. The molecule has 2 rings (SSSR count). The Morgan fingerprint density at radius 3 is 2.58 bits per heavy atom. The number of carbonyl (C=O) groups is 2. The molecular weight excluding hydrogens is 292 g/mol. The zero-order valence-electron chi connectivity index (χ0n) is 10.5. The van der Waals surface area contributed by atoms with Crippen LogP contribution >= 0.6 is 11.8 Å². The van der Waals surface area contributed by atoms with Crippen molar-refractivity contribution in [1.82, 2.24) is 9.21 Å². The van der Waals surface area contributed by atoms with Gasteiger partial charge in [-0.3, -0.25) is 4.79 Å². The fraction of sp³-hybridized carbons (Fsp3) is 0.800. The Bertz CT molecular complexity index is 492. The smallest absolute Gasteiger partial charge is 0.327 e. The maximum Gasteiger partial charge on any atom is 0.327 e. The molecule has 9 heteroatoms. The highest BCUT2D eigenvalue weighted by atomic mass is 32.2. The van der Waals surface area contributed by atoms with Crippen molar-refractivity contribution in [2.45, 2.75) is 24.9 Å². The maximum absolute atomic E-state index is 12.4. The molecule has 0 aromatic heterocycles. The van der Waals surface area contributed by atoms with Crippen molar-refractivity contribution in [2.24, 2.45) is 0 Å². The number of amides is 1. The number of aliphatic carboxylic acids is 1. The van der Waals surface area contributed by atoms with Gasteiger partial charge in [-0.2, -0.15) is 4.31 Å². The second kappa shape index (κ2) is 5.29. The van der Waals surface area contributed by atoms with Gasteiger partial charge in [-0.25, -0.2) is 13.2 Å². The average Bonchev–Trinajstić information content (AvgIpc) is 2.96. The van der Waals surface area contributed by atoms with Crippen LogP contribution in [0.4, 0.5) is 0 Å². The molecule has 2 heterocycles. The number of sulfonamides is 1. The molecule has 7 nitrogen and oxygen atoms in total. The first kappa shape index (κ1) is 14.6. The van der Waals surface area contributed by atoms with E-state index in [9.17, 15) is 18.0 Å². The van der Waals surface area contributed by atoms with Crippen LogP contribution in [-0.4, -0.2) is 71.1 Å². The van der Waals surface area contributed by atoms with Gasteiger partial charge in [0.05, 0.1) is 12.1 Å². The first-order valence-electron chi connectivity index (χ1n) is 5.90. The number of hydrogen-bond acceptors (Lipinski definition) is 5. The standard InChI is InChI=1S/C10H16N2O5S2/c1-19(16,17)12-4-2-3-7(12)9(13)11-6-18-5-8(11)10(14)15/h7-8H,2-6H2,1H3,(H,14,15). The number of carboxylic acid groups (broad SMARTS) is 1. The molecule has 2 aliphatic rings. The Morgan fingerprint density at radius 1 is 1.32 bits per heavy atom. The molecule has 2 fully saturated rings. The second-order valence-electron chi connectivity index (χ2n) is 4.69. The van der Waals surface area contributed by atoms with Crippen LogP contribution in [0, 0.1) is 0 Å². The van der Waals surface area contributed by atoms with E-state index in [1.807, 2.05) is 0 Å². The van der Waals surface area contributed by atoms with E-state index < -0.39 is 28.1 Å². The number of carboxylic acids is 1. The Morgan fingerprint density at radius 2 is 2.00 bits per heavy atom. The highest BCUT2D eigenvalue weighted by Crippen LogP contribution is 2.27. The van der Waals surface area contributed by atoms with Crippen molar-refractivity contribution in [3.8, 4) is 0 Å². The highest BCUT2D eigenvalue weighted by Gasteiger charge is 2.43. The van der Waals surface area contributed by atoms with E-state index in [1.165, 1.54) is 21.0 Å². The molecule has 1 amide bonds. The highest BCUT2D eigenvalue weighted by molar-refractivity contribution is 7.99. The largest absolute Gasteiger partial charge is 0.480 e. The van der Waals surface area contributed by atoms with Gasteiger partial charge < -0.3 is 10.0 Å². The minimum atomic E-state index is -3.43. The van der Waals surface area contributed by atoms with Crippen LogP contribution in [0.25, 0.3) is 0 Å². The van der Waals surface area contributed by atoms with Crippen LogP contribution in [0.2, 0.25) is 0 Å². The second-order valence-corrected chi connectivity index (χ2v) is 7.63. The molecule has 0 radical (unpaired) electrons. The first-order valence-corrected chi connectivity index (χ1v) is 8.90. The van der Waals surface area contributed by atoms with Crippen molar-refractivity contribution in [1.29, 1.82) is 0 Å². The molecule has 2 aliphatic heterocycles. The Labute approximate surface area is 116 Å². The third-order valence-electron chi connectivity index (χ3n) is 3.37. The van der Waals surface area contributed by atoms with Crippen LogP contribution in [0.5, 0.6) is 0 Å². The van der Waals surface area contributed by atoms with E-state index in [0.717, 1.165) is 6.26 Å². The monoisotopic (exact) mass is 308 g/mol. The van der Waals surface area contributed by atoms with Gasteiger partial charge in [0.2, 0.25) is 15.9 Å². The van der Waals surface area contributed by atoms with Crippen LogP contribution in [0.15, 0.2) is 0 Å². The van der Waals surface area contributed by atoms with Crippen molar-refractivity contribution in [3.05, 3.63) is 0 Å². The lowest BCUT2D eigenvalue weighted by Crippen LogP contribution is -2.51. The fourth-order valence-corrected chi connectivity index (χ4v) is 4.71. The molecule has 2 saturated heterocycles. The molecular formula is C10H16N2O5S2. The molecule has 0 bridgehead atoms. The maximum atomic E-state index is 12.4. The fourth-order valence-electron chi connectivity index (χ4n) is 2.44. The van der Waals surface area contributed by atoms with Crippen molar-refractivity contribution in [3.63, 3.8) is 0 Å². The molecule has 0 spiro atoms. The molecule has 2 atom stereocenters. The van der Waals surface area contributed by atoms with E-state index in [0.29, 0.717) is 31.0 Å². The van der Waals surface area contributed by atoms with Gasteiger partial charge in [0, 0.05) is 12.3 Å². The van der Waals surface area contributed by atoms with E-state index >= 15 is 0 Å². The van der Waals surface area contributed by atoms with Crippen LogP contribution < -0.4 is 0 Å². The zero-order chi connectivity index (χ0) is 14.2. The van der Waals surface area contributed by atoms with Gasteiger partial charge in [0.15, 0.2) is 0 Å². The Kier molecular flexibility index (Phi) is 4.07. The summed E-state index contributed by atoms with van der Waals surface area (Å²) in [6.07, 6.45) is 2.16. The molecule has 0 saturated carbocycles. The van der Waals surface area contributed by atoms with Gasteiger partial charge >= 0.3 is 5.97 Å². The molecule has 19 heavy (non-hydrogen) atoms. The van der Waals surface area contributed by atoms with Gasteiger partial charge in [-0.15, -0.1) is 11.8 Å². The topological polar surface area (TPSA) is 95.0 Å². The normalized spacial score (nSPS) is 28.8. The minimum absolute atomic E-state index is 0.309. The van der Waals surface area contributed by atoms with E-state index in [4.69, 9.17) is 5.11 Å². The molecule has 2 unspecified atom stereocenters. The summed E-state index contributed by atoms with van der Waals surface area (Å²) in [6, 6.07) is -1.59. The third-order valence-corrected chi connectivity index (χ3v) is 5.67. The molecule has 0 aromatic rings. The van der Waals surface area contributed by atoms with Crippen molar-refractivity contribution >= 4 is 33.7 Å². The molecule has 108 valence electrons. The summed E-state index contributed by atoms with van der Waals surface area (Å²) >= 11 is 1.37. The molecule has 1 N–H and O–H groups in total. The van der Waals surface area contributed by atoms with Gasteiger partial charge in [-0.1, -0.05) is 0 Å². The van der Waals surface area contributed by atoms with Gasteiger partial charge in [0.25, 0.3) is 0 Å². The van der Waals surface area contributed by atoms with E-state index in [1.54, 1.807) is 0 Å². The van der Waals surface area contributed by atoms with Crippen molar-refractivity contribution in [2.75, 3.05) is 24.4 Å². The molecule has 0 aromatic carbocycles. The van der Waals surface area contributed by atoms with Crippen LogP contribution in [-0.2, 0) is 19.6 Å². The summed E-state index contributed by atoms with van der Waals surface area (Å²) in [4.78, 5) is 24.7. The molecule has 0 aliphatic carbocycles. The summed E-state index contributed by atoms with van der Waals surface area (Å²) in [5.74, 6) is -0.765. The lowest BCUT2D eigenvalue weighted by Gasteiger charge is -2.28. The quantitative estimate of drug-likeness (QED) is 0.748. The summed E-state index contributed by atoms with van der Waals surface area (Å²) < 4.78 is 24.4. The summed E-state index contributed by atoms with van der Waals surface area (Å²) in [5, 5.41) is 9.06. The SMILES string of the molecule is CS(=O)(=O)N1CCCC1C(=O)N1CSCC1C(=O)O. The van der Waals surface area contributed by atoms with Crippen LogP contribution in [0.1, 0.15) is 12.8 Å². The Balaban J connectivity index is 2.17. The number of hydrogen-bond donors (Lipinski definition) is 1. The van der Waals surface area contributed by atoms with Crippen molar-refractivity contribution < 1.29 is 23.1 Å². The average molecular weight is 308 g/mol. The third kappa shape index (κ3) is 2.87. The number of nitrogens with zero attached hydrogens (tertiary/aromatic N) is 2. The predicted molar refractivity (Wildman–Crippen MR) is 70.2 cm³/mol. The number of thioether (sulfide) groups is 1. The van der Waals surface area contributed by atoms with Gasteiger partial charge in [-0.05, 0) is 12.8 Å². The van der Waals surface area contributed by atoms with Gasteiger partial charge in [0.1, 0.15) is 12.1 Å². The lowest BCUT2D eigenvalue weighted by molar-refractivity contribution is -0.149. The first-order chi connectivity index (χ1) is 8.82. The Hall–Kier alpha value is -0.800. The predicted octanol–water partition coefficient (Wildman–Crippen LogP) is -0.603.